The van der Waals surface area contributed by atoms with Crippen LogP contribution in [0.25, 0.3) is 11.0 Å². The third-order valence-corrected chi connectivity index (χ3v) is 6.80. The Balaban J connectivity index is 1.78. The summed E-state index contributed by atoms with van der Waals surface area (Å²) in [6.07, 6.45) is 0.0809. The molecule has 9 heteroatoms. The second-order valence-electron chi connectivity index (χ2n) is 7.05. The smallest absolute Gasteiger partial charge is 0.326 e. The number of aryl methyl sites for hydroxylation is 3. The summed E-state index contributed by atoms with van der Waals surface area (Å²) in [5.74, 6) is -0.304. The molecule has 3 rings (SSSR count). The van der Waals surface area contributed by atoms with E-state index < -0.39 is 10.0 Å². The molecule has 154 valence electrons. The first-order valence-corrected chi connectivity index (χ1v) is 10.5. The van der Waals surface area contributed by atoms with E-state index in [4.69, 9.17) is 0 Å². The zero-order chi connectivity index (χ0) is 21.3. The second kappa shape index (κ2) is 7.84. The van der Waals surface area contributed by atoms with Crippen LogP contribution in [0.5, 0.6) is 0 Å². The van der Waals surface area contributed by atoms with E-state index in [1.54, 1.807) is 35.2 Å². The Labute approximate surface area is 169 Å². The average molecular weight is 417 g/mol. The van der Waals surface area contributed by atoms with Gasteiger partial charge in [0.15, 0.2) is 0 Å². The van der Waals surface area contributed by atoms with Crippen LogP contribution >= 0.6 is 0 Å². The highest BCUT2D eigenvalue weighted by Crippen LogP contribution is 2.22. The average Bonchev–Trinajstić information content (AvgIpc) is 2.92. The largest absolute Gasteiger partial charge is 0.328 e. The number of aromatic nitrogens is 2. The van der Waals surface area contributed by atoms with Crippen LogP contribution < -0.4 is 11.0 Å². The lowest BCUT2D eigenvalue weighted by Crippen LogP contribution is -2.25. The van der Waals surface area contributed by atoms with Crippen molar-refractivity contribution in [2.75, 3.05) is 19.4 Å². The van der Waals surface area contributed by atoms with E-state index in [-0.39, 0.29) is 29.5 Å². The van der Waals surface area contributed by atoms with Crippen LogP contribution in [0.4, 0.5) is 5.69 Å². The number of imidazole rings is 1. The number of carbonyl (C=O) groups excluding carboxylic acids is 1. The number of carbonyl (C=O) groups is 1. The standard InChI is InChI=1S/C20H24N4O4S/c1-14-9-10-15(13-18(14)29(27,28)22(2)3)21-19(25)11-12-24-17-8-6-5-7-16(17)23(4)20(24)26/h5-10,13H,11-12H2,1-4H3,(H,21,25). The molecule has 0 fully saturated rings. The van der Waals surface area contributed by atoms with Crippen LogP contribution in [-0.2, 0) is 28.4 Å². The van der Waals surface area contributed by atoms with Gasteiger partial charge in [0.05, 0.1) is 15.9 Å². The van der Waals surface area contributed by atoms with Gasteiger partial charge in [-0.05, 0) is 36.8 Å². The molecule has 0 aliphatic rings. The van der Waals surface area contributed by atoms with Gasteiger partial charge >= 0.3 is 5.69 Å². The van der Waals surface area contributed by atoms with Gasteiger partial charge in [-0.15, -0.1) is 0 Å². The Morgan fingerprint density at radius 1 is 1.10 bits per heavy atom. The zero-order valence-corrected chi connectivity index (χ0v) is 17.7. The number of hydrogen-bond donors (Lipinski definition) is 1. The predicted octanol–water partition coefficient (Wildman–Crippen LogP) is 1.93. The van der Waals surface area contributed by atoms with Gasteiger partial charge in [-0.25, -0.2) is 17.5 Å². The summed E-state index contributed by atoms with van der Waals surface area (Å²) in [5, 5.41) is 2.72. The van der Waals surface area contributed by atoms with Crippen molar-refractivity contribution in [3.8, 4) is 0 Å². The highest BCUT2D eigenvalue weighted by atomic mass is 32.2. The van der Waals surface area contributed by atoms with Crippen LogP contribution in [0, 0.1) is 6.92 Å². The predicted molar refractivity (Wildman–Crippen MR) is 112 cm³/mol. The fraction of sp³-hybridized carbons (Fsp3) is 0.300. The highest BCUT2D eigenvalue weighted by Gasteiger charge is 2.20. The molecule has 0 aliphatic heterocycles. The number of amides is 1. The van der Waals surface area contributed by atoms with Crippen molar-refractivity contribution >= 4 is 32.7 Å². The van der Waals surface area contributed by atoms with Gasteiger partial charge in [0.25, 0.3) is 0 Å². The van der Waals surface area contributed by atoms with Crippen LogP contribution in [0.1, 0.15) is 12.0 Å². The summed E-state index contributed by atoms with van der Waals surface area (Å²) < 4.78 is 29.1. The fourth-order valence-corrected chi connectivity index (χ4v) is 4.31. The third-order valence-electron chi connectivity index (χ3n) is 4.84. The zero-order valence-electron chi connectivity index (χ0n) is 16.8. The number of anilines is 1. The Morgan fingerprint density at radius 2 is 1.76 bits per heavy atom. The van der Waals surface area contributed by atoms with E-state index in [1.807, 2.05) is 24.3 Å². The molecule has 0 saturated heterocycles. The molecule has 1 N–H and O–H groups in total. The van der Waals surface area contributed by atoms with Crippen LogP contribution in [0.2, 0.25) is 0 Å². The topological polar surface area (TPSA) is 93.4 Å². The molecule has 8 nitrogen and oxygen atoms in total. The Hall–Kier alpha value is -2.91. The monoisotopic (exact) mass is 416 g/mol. The van der Waals surface area contributed by atoms with Gasteiger partial charge in [-0.3, -0.25) is 13.9 Å². The van der Waals surface area contributed by atoms with E-state index in [1.165, 1.54) is 20.2 Å². The lowest BCUT2D eigenvalue weighted by molar-refractivity contribution is -0.116. The van der Waals surface area contributed by atoms with Crippen LogP contribution in [0.3, 0.4) is 0 Å². The summed E-state index contributed by atoms with van der Waals surface area (Å²) in [5.41, 5.74) is 2.37. The summed E-state index contributed by atoms with van der Waals surface area (Å²) in [4.78, 5) is 25.0. The van der Waals surface area contributed by atoms with Gasteiger partial charge in [0.1, 0.15) is 0 Å². The maximum absolute atomic E-state index is 12.4. The molecule has 3 aromatic rings. The number of fused-ring (bicyclic) bond motifs is 1. The molecule has 1 heterocycles. The molecule has 0 atom stereocenters. The van der Waals surface area contributed by atoms with Gasteiger partial charge in [-0.2, -0.15) is 0 Å². The highest BCUT2D eigenvalue weighted by molar-refractivity contribution is 7.89. The lowest BCUT2D eigenvalue weighted by atomic mass is 10.2. The molecular formula is C20H24N4O4S. The minimum absolute atomic E-state index is 0.0809. The van der Waals surface area contributed by atoms with Gasteiger partial charge in [-0.1, -0.05) is 18.2 Å². The van der Waals surface area contributed by atoms with E-state index >= 15 is 0 Å². The number of nitrogens with zero attached hydrogens (tertiary/aromatic N) is 3. The quantitative estimate of drug-likeness (QED) is 0.664. The van der Waals surface area contributed by atoms with Crippen molar-refractivity contribution in [2.24, 2.45) is 7.05 Å². The molecule has 0 radical (unpaired) electrons. The van der Waals surface area contributed by atoms with Crippen molar-refractivity contribution in [3.63, 3.8) is 0 Å². The summed E-state index contributed by atoms with van der Waals surface area (Å²) >= 11 is 0. The number of nitrogens with one attached hydrogen (secondary N) is 1. The second-order valence-corrected chi connectivity index (χ2v) is 9.17. The van der Waals surface area contributed by atoms with Gasteiger partial charge < -0.3 is 5.32 Å². The van der Waals surface area contributed by atoms with Crippen molar-refractivity contribution in [3.05, 3.63) is 58.5 Å². The number of rotatable bonds is 6. The molecule has 1 amide bonds. The van der Waals surface area contributed by atoms with Gasteiger partial charge in [0, 0.05) is 39.8 Å². The first-order chi connectivity index (χ1) is 13.6. The molecular weight excluding hydrogens is 392 g/mol. The Kier molecular flexibility index (Phi) is 5.63. The minimum atomic E-state index is -3.61. The lowest BCUT2D eigenvalue weighted by Gasteiger charge is -2.15. The molecule has 29 heavy (non-hydrogen) atoms. The minimum Gasteiger partial charge on any atom is -0.326 e. The molecule has 2 aromatic carbocycles. The van der Waals surface area contributed by atoms with E-state index in [9.17, 15) is 18.0 Å². The van der Waals surface area contributed by atoms with E-state index in [0.29, 0.717) is 11.3 Å². The van der Waals surface area contributed by atoms with Gasteiger partial charge in [0.2, 0.25) is 15.9 Å². The normalized spacial score (nSPS) is 11.9. The first-order valence-electron chi connectivity index (χ1n) is 9.10. The van der Waals surface area contributed by atoms with E-state index in [2.05, 4.69) is 5.32 Å². The van der Waals surface area contributed by atoms with Crippen molar-refractivity contribution in [1.29, 1.82) is 0 Å². The Morgan fingerprint density at radius 3 is 2.41 bits per heavy atom. The molecule has 0 unspecified atom stereocenters. The summed E-state index contributed by atoms with van der Waals surface area (Å²) in [6, 6.07) is 12.2. The number of hydrogen-bond acceptors (Lipinski definition) is 4. The maximum atomic E-state index is 12.4. The fourth-order valence-electron chi connectivity index (χ4n) is 3.17. The van der Waals surface area contributed by atoms with Crippen LogP contribution in [-0.4, -0.2) is 41.9 Å². The third kappa shape index (κ3) is 3.96. The van der Waals surface area contributed by atoms with Crippen molar-refractivity contribution < 1.29 is 13.2 Å². The Bertz CT molecular complexity index is 1240. The maximum Gasteiger partial charge on any atom is 0.328 e. The molecule has 0 bridgehead atoms. The molecule has 0 spiro atoms. The first kappa shape index (κ1) is 20.8. The molecule has 1 aromatic heterocycles. The number of sulfonamides is 1. The SMILES string of the molecule is Cc1ccc(NC(=O)CCn2c(=O)n(C)c3ccccc32)cc1S(=O)(=O)N(C)C. The summed E-state index contributed by atoms with van der Waals surface area (Å²) in [7, 11) is 1.00. The number of benzene rings is 2. The molecule has 0 saturated carbocycles. The molecule has 0 aliphatic carbocycles. The van der Waals surface area contributed by atoms with E-state index in [0.717, 1.165) is 15.3 Å². The van der Waals surface area contributed by atoms with Crippen molar-refractivity contribution in [1.82, 2.24) is 13.4 Å². The van der Waals surface area contributed by atoms with Crippen LogP contribution in [0.15, 0.2) is 52.2 Å². The van der Waals surface area contributed by atoms with Crippen molar-refractivity contribution in [2.45, 2.75) is 24.8 Å². The summed E-state index contributed by atoms with van der Waals surface area (Å²) in [6.45, 7) is 1.93. The number of para-hydroxylation sites is 2.